The minimum atomic E-state index is -2.87. The van der Waals surface area contributed by atoms with Gasteiger partial charge < -0.3 is 14.4 Å². The van der Waals surface area contributed by atoms with Gasteiger partial charge in [0.05, 0.1) is 19.4 Å². The summed E-state index contributed by atoms with van der Waals surface area (Å²) >= 11 is 5.27. The highest BCUT2D eigenvalue weighted by Crippen LogP contribution is 2.22. The first-order chi connectivity index (χ1) is 14.6. The van der Waals surface area contributed by atoms with Gasteiger partial charge in [-0.3, -0.25) is 0 Å². The van der Waals surface area contributed by atoms with E-state index in [-0.39, 0.29) is 5.75 Å². The molecule has 0 radical (unpaired) electrons. The molecule has 1 saturated heterocycles. The third kappa shape index (κ3) is 4.71. The Balaban J connectivity index is 1.51. The van der Waals surface area contributed by atoms with E-state index in [1.165, 1.54) is 16.8 Å². The van der Waals surface area contributed by atoms with E-state index < -0.39 is 6.61 Å². The highest BCUT2D eigenvalue weighted by Gasteiger charge is 2.11. The van der Waals surface area contributed by atoms with Crippen LogP contribution in [0.5, 0.6) is 5.75 Å². The third-order valence-corrected chi connectivity index (χ3v) is 4.84. The normalized spacial score (nSPS) is 14.6. The maximum atomic E-state index is 12.3. The number of alkyl halides is 2. The van der Waals surface area contributed by atoms with Gasteiger partial charge in [-0.1, -0.05) is 12.1 Å². The number of rotatable bonds is 6. The van der Waals surface area contributed by atoms with Gasteiger partial charge in [-0.25, -0.2) is 5.10 Å². The van der Waals surface area contributed by atoms with Crippen molar-refractivity contribution in [3.8, 4) is 17.1 Å². The molecule has 1 aromatic heterocycles. The summed E-state index contributed by atoms with van der Waals surface area (Å²) in [7, 11) is 0. The highest BCUT2D eigenvalue weighted by atomic mass is 32.1. The molecule has 0 bridgehead atoms. The predicted octanol–water partition coefficient (Wildman–Crippen LogP) is 3.93. The Bertz CT molecular complexity index is 1060. The molecule has 4 rings (SSSR count). The molecule has 0 atom stereocenters. The minimum absolute atomic E-state index is 0.0679. The average molecular weight is 431 g/mol. The van der Waals surface area contributed by atoms with Crippen molar-refractivity contribution >= 4 is 24.1 Å². The summed E-state index contributed by atoms with van der Waals surface area (Å²) in [6.07, 6.45) is 1.69. The van der Waals surface area contributed by atoms with E-state index in [4.69, 9.17) is 17.0 Å². The Morgan fingerprint density at radius 1 is 1.10 bits per heavy atom. The van der Waals surface area contributed by atoms with E-state index in [0.717, 1.165) is 37.6 Å². The molecule has 156 valence electrons. The summed E-state index contributed by atoms with van der Waals surface area (Å²) in [5, 5.41) is 11.3. The monoisotopic (exact) mass is 431 g/mol. The molecule has 30 heavy (non-hydrogen) atoms. The van der Waals surface area contributed by atoms with Crippen LogP contribution in [0.4, 0.5) is 14.5 Å². The molecule has 1 aliphatic heterocycles. The van der Waals surface area contributed by atoms with Crippen LogP contribution in [-0.4, -0.2) is 54.0 Å². The van der Waals surface area contributed by atoms with Crippen molar-refractivity contribution in [3.05, 3.63) is 58.9 Å². The smallest absolute Gasteiger partial charge is 0.387 e. The first kappa shape index (κ1) is 20.2. The molecule has 2 aromatic carbocycles. The first-order valence-corrected chi connectivity index (χ1v) is 9.71. The number of benzene rings is 2. The lowest BCUT2D eigenvalue weighted by molar-refractivity contribution is -0.0498. The van der Waals surface area contributed by atoms with Crippen LogP contribution < -0.4 is 9.64 Å². The lowest BCUT2D eigenvalue weighted by Gasteiger charge is -2.28. The van der Waals surface area contributed by atoms with Gasteiger partial charge in [0.15, 0.2) is 5.82 Å². The van der Waals surface area contributed by atoms with Crippen molar-refractivity contribution < 1.29 is 18.3 Å². The fourth-order valence-corrected chi connectivity index (χ4v) is 3.27. The molecule has 7 nitrogen and oxygen atoms in total. The van der Waals surface area contributed by atoms with E-state index in [1.807, 2.05) is 24.3 Å². The summed E-state index contributed by atoms with van der Waals surface area (Å²) in [6, 6.07) is 14.2. The van der Waals surface area contributed by atoms with Crippen LogP contribution in [0.25, 0.3) is 11.4 Å². The Morgan fingerprint density at radius 2 is 1.80 bits per heavy atom. The number of hydrogen-bond donors (Lipinski definition) is 1. The topological polar surface area (TPSA) is 67.7 Å². The van der Waals surface area contributed by atoms with Crippen LogP contribution in [0, 0.1) is 4.77 Å². The number of ether oxygens (including phenoxy) is 2. The second-order valence-corrected chi connectivity index (χ2v) is 6.89. The molecule has 1 N–H and O–H groups in total. The summed E-state index contributed by atoms with van der Waals surface area (Å²) < 4.78 is 36.2. The van der Waals surface area contributed by atoms with Gasteiger partial charge in [0.2, 0.25) is 4.77 Å². The molecule has 0 unspecified atom stereocenters. The van der Waals surface area contributed by atoms with Crippen molar-refractivity contribution in [2.45, 2.75) is 6.61 Å². The number of aromatic amines is 1. The van der Waals surface area contributed by atoms with Gasteiger partial charge in [0, 0.05) is 24.3 Å². The summed E-state index contributed by atoms with van der Waals surface area (Å²) in [6.45, 7) is 0.356. The summed E-state index contributed by atoms with van der Waals surface area (Å²) in [4.78, 5) is 2.27. The SMILES string of the molecule is FC(F)Oc1ccc(-c2n[nH]c(=S)n2N=Cc2ccc(N3CCOCC3)cc2)cc1. The van der Waals surface area contributed by atoms with Crippen LogP contribution >= 0.6 is 12.2 Å². The van der Waals surface area contributed by atoms with Crippen LogP contribution in [0.2, 0.25) is 0 Å². The zero-order valence-corrected chi connectivity index (χ0v) is 16.7. The van der Waals surface area contributed by atoms with E-state index in [0.29, 0.717) is 16.2 Å². The average Bonchev–Trinajstić information content (AvgIpc) is 3.14. The molecule has 0 aliphatic carbocycles. The molecule has 2 heterocycles. The number of halogens is 2. The number of nitrogens with zero attached hydrogens (tertiary/aromatic N) is 4. The van der Waals surface area contributed by atoms with Crippen molar-refractivity contribution in [3.63, 3.8) is 0 Å². The number of H-pyrrole nitrogens is 1. The predicted molar refractivity (Wildman–Crippen MR) is 112 cm³/mol. The molecule has 3 aromatic rings. The third-order valence-electron chi connectivity index (χ3n) is 4.58. The van der Waals surface area contributed by atoms with E-state index in [1.54, 1.807) is 18.3 Å². The molecule has 1 aliphatic rings. The van der Waals surface area contributed by atoms with Gasteiger partial charge in [-0.2, -0.15) is 23.7 Å². The van der Waals surface area contributed by atoms with Crippen LogP contribution in [-0.2, 0) is 4.74 Å². The molecule has 0 saturated carbocycles. The van der Waals surface area contributed by atoms with Gasteiger partial charge in [-0.05, 0) is 54.2 Å². The zero-order valence-electron chi connectivity index (χ0n) is 15.9. The standard InChI is InChI=1S/C20H19F2N5O2S/c21-19(22)29-17-7-3-15(4-8-17)18-24-25-20(30)27(18)23-13-14-1-5-16(6-2-14)26-9-11-28-12-10-26/h1-8,13,19H,9-12H2,(H,25,30). The van der Waals surface area contributed by atoms with E-state index in [2.05, 4.69) is 24.9 Å². The van der Waals surface area contributed by atoms with Gasteiger partial charge in [0.1, 0.15) is 5.75 Å². The molecule has 0 spiro atoms. The van der Waals surface area contributed by atoms with Crippen molar-refractivity contribution in [1.82, 2.24) is 14.9 Å². The number of hydrogen-bond acceptors (Lipinski definition) is 6. The molecular formula is C20H19F2N5O2S. The minimum Gasteiger partial charge on any atom is -0.435 e. The fourth-order valence-electron chi connectivity index (χ4n) is 3.09. The Kier molecular flexibility index (Phi) is 6.15. The fraction of sp³-hybridized carbons (Fsp3) is 0.250. The maximum Gasteiger partial charge on any atom is 0.387 e. The lowest BCUT2D eigenvalue weighted by atomic mass is 10.2. The van der Waals surface area contributed by atoms with E-state index >= 15 is 0 Å². The summed E-state index contributed by atoms with van der Waals surface area (Å²) in [5.41, 5.74) is 2.70. The second-order valence-electron chi connectivity index (χ2n) is 6.50. The largest absolute Gasteiger partial charge is 0.435 e. The number of anilines is 1. The van der Waals surface area contributed by atoms with Gasteiger partial charge >= 0.3 is 6.61 Å². The second kappa shape index (κ2) is 9.14. The molecular weight excluding hydrogens is 412 g/mol. The van der Waals surface area contributed by atoms with Crippen molar-refractivity contribution in [2.24, 2.45) is 5.10 Å². The zero-order chi connectivity index (χ0) is 20.9. The van der Waals surface area contributed by atoms with Crippen LogP contribution in [0.1, 0.15) is 5.56 Å². The van der Waals surface area contributed by atoms with Gasteiger partial charge in [-0.15, -0.1) is 0 Å². The Hall–Kier alpha value is -3.11. The Labute approximate surface area is 176 Å². The first-order valence-electron chi connectivity index (χ1n) is 9.30. The van der Waals surface area contributed by atoms with Crippen molar-refractivity contribution in [1.29, 1.82) is 0 Å². The highest BCUT2D eigenvalue weighted by molar-refractivity contribution is 7.71. The molecule has 0 amide bonds. The maximum absolute atomic E-state index is 12.3. The number of aromatic nitrogens is 3. The van der Waals surface area contributed by atoms with Crippen LogP contribution in [0.3, 0.4) is 0 Å². The number of morpholine rings is 1. The van der Waals surface area contributed by atoms with Gasteiger partial charge in [0.25, 0.3) is 0 Å². The van der Waals surface area contributed by atoms with Crippen LogP contribution in [0.15, 0.2) is 53.6 Å². The van der Waals surface area contributed by atoms with E-state index in [9.17, 15) is 8.78 Å². The van der Waals surface area contributed by atoms with Crippen molar-refractivity contribution in [2.75, 3.05) is 31.2 Å². The molecule has 10 heteroatoms. The lowest BCUT2D eigenvalue weighted by Crippen LogP contribution is -2.36. The number of nitrogens with one attached hydrogen (secondary N) is 1. The summed E-state index contributed by atoms with van der Waals surface area (Å²) in [5.74, 6) is 0.531. The quantitative estimate of drug-likeness (QED) is 0.473. The Morgan fingerprint density at radius 3 is 2.47 bits per heavy atom. The molecule has 1 fully saturated rings.